The zero-order valence-electron chi connectivity index (χ0n) is 7.72. The van der Waals surface area contributed by atoms with Crippen molar-refractivity contribution < 1.29 is 4.79 Å². The molecule has 2 heteroatoms. The molecule has 0 saturated carbocycles. The molecule has 0 bridgehead atoms. The van der Waals surface area contributed by atoms with E-state index in [1.165, 1.54) is 5.56 Å². The fraction of sp³-hybridized carbons (Fsp3) is 0.364. The fourth-order valence-corrected chi connectivity index (χ4v) is 1.55. The zero-order chi connectivity index (χ0) is 9.68. The Morgan fingerprint density at radius 1 is 1.46 bits per heavy atom. The van der Waals surface area contributed by atoms with Crippen LogP contribution in [0.1, 0.15) is 27.9 Å². The number of rotatable bonds is 4. The van der Waals surface area contributed by atoms with Crippen LogP contribution in [-0.4, -0.2) is 12.2 Å². The van der Waals surface area contributed by atoms with Crippen molar-refractivity contribution in [3.63, 3.8) is 0 Å². The van der Waals surface area contributed by atoms with Gasteiger partial charge in [0.2, 0.25) is 0 Å². The van der Waals surface area contributed by atoms with E-state index in [4.69, 9.17) is 11.6 Å². The van der Waals surface area contributed by atoms with Crippen molar-refractivity contribution in [1.29, 1.82) is 0 Å². The highest BCUT2D eigenvalue weighted by Crippen LogP contribution is 2.14. The van der Waals surface area contributed by atoms with Gasteiger partial charge in [-0.25, -0.2) is 0 Å². The summed E-state index contributed by atoms with van der Waals surface area (Å²) in [5.41, 5.74) is 3.11. The van der Waals surface area contributed by atoms with E-state index in [9.17, 15) is 4.79 Å². The van der Waals surface area contributed by atoms with Crippen LogP contribution in [0.3, 0.4) is 0 Å². The number of hydrogen-bond donors (Lipinski definition) is 0. The topological polar surface area (TPSA) is 17.1 Å². The molecule has 13 heavy (non-hydrogen) atoms. The van der Waals surface area contributed by atoms with E-state index < -0.39 is 0 Å². The molecule has 0 aliphatic rings. The Bertz CT molecular complexity index is 294. The minimum Gasteiger partial charge on any atom is -0.298 e. The number of aldehydes is 1. The lowest BCUT2D eigenvalue weighted by Crippen LogP contribution is -1.96. The molecule has 0 atom stereocenters. The van der Waals surface area contributed by atoms with Crippen LogP contribution in [0, 0.1) is 6.92 Å². The van der Waals surface area contributed by atoms with Gasteiger partial charge >= 0.3 is 0 Å². The van der Waals surface area contributed by atoms with Gasteiger partial charge in [0.25, 0.3) is 0 Å². The van der Waals surface area contributed by atoms with Crippen LogP contribution in [0.25, 0.3) is 0 Å². The number of hydrogen-bond acceptors (Lipinski definition) is 1. The largest absolute Gasteiger partial charge is 0.298 e. The van der Waals surface area contributed by atoms with Crippen LogP contribution in [-0.2, 0) is 6.42 Å². The smallest absolute Gasteiger partial charge is 0.150 e. The van der Waals surface area contributed by atoms with Gasteiger partial charge in [-0.05, 0) is 30.9 Å². The highest BCUT2D eigenvalue weighted by molar-refractivity contribution is 6.17. The highest BCUT2D eigenvalue weighted by atomic mass is 35.5. The third-order valence-corrected chi connectivity index (χ3v) is 2.40. The van der Waals surface area contributed by atoms with E-state index in [1.54, 1.807) is 0 Å². The molecule has 1 rings (SSSR count). The molecule has 70 valence electrons. The number of carbonyl (C=O) groups is 1. The first kappa shape index (κ1) is 10.3. The summed E-state index contributed by atoms with van der Waals surface area (Å²) >= 11 is 5.61. The molecule has 0 heterocycles. The van der Waals surface area contributed by atoms with Gasteiger partial charge in [0.05, 0.1) is 0 Å². The molecule has 0 aliphatic carbocycles. The molecule has 0 radical (unpaired) electrons. The van der Waals surface area contributed by atoms with Crippen LogP contribution < -0.4 is 0 Å². The first-order valence-corrected chi connectivity index (χ1v) is 4.92. The summed E-state index contributed by atoms with van der Waals surface area (Å²) in [5, 5.41) is 0. The van der Waals surface area contributed by atoms with Gasteiger partial charge in [0.15, 0.2) is 0 Å². The summed E-state index contributed by atoms with van der Waals surface area (Å²) in [6.07, 6.45) is 2.73. The van der Waals surface area contributed by atoms with Gasteiger partial charge in [-0.1, -0.05) is 18.2 Å². The van der Waals surface area contributed by atoms with E-state index in [1.807, 2.05) is 25.1 Å². The number of carbonyl (C=O) groups excluding carboxylic acids is 1. The van der Waals surface area contributed by atoms with Crippen molar-refractivity contribution in [2.45, 2.75) is 19.8 Å². The molecular weight excluding hydrogens is 184 g/mol. The molecule has 0 spiro atoms. The second kappa shape index (κ2) is 5.03. The minimum atomic E-state index is 0.645. The Hall–Kier alpha value is -0.820. The van der Waals surface area contributed by atoms with Gasteiger partial charge in [0, 0.05) is 11.4 Å². The van der Waals surface area contributed by atoms with Crippen molar-refractivity contribution in [3.8, 4) is 0 Å². The summed E-state index contributed by atoms with van der Waals surface area (Å²) in [6, 6.07) is 5.78. The number of benzene rings is 1. The second-order valence-electron chi connectivity index (χ2n) is 3.05. The molecule has 1 aromatic carbocycles. The lowest BCUT2D eigenvalue weighted by atomic mass is 9.99. The van der Waals surface area contributed by atoms with Crippen LogP contribution in [0.15, 0.2) is 18.2 Å². The molecule has 0 aliphatic heterocycles. The van der Waals surface area contributed by atoms with Gasteiger partial charge in [-0.15, -0.1) is 11.6 Å². The molecule has 0 amide bonds. The molecular formula is C11H13ClO. The number of aryl methyl sites for hydroxylation is 1. The lowest BCUT2D eigenvalue weighted by Gasteiger charge is -2.06. The quantitative estimate of drug-likeness (QED) is 0.535. The summed E-state index contributed by atoms with van der Waals surface area (Å²) < 4.78 is 0. The third kappa shape index (κ3) is 2.56. The number of halogens is 1. The molecule has 1 aromatic rings. The molecule has 0 N–H and O–H groups in total. The van der Waals surface area contributed by atoms with Crippen LogP contribution in [0.2, 0.25) is 0 Å². The van der Waals surface area contributed by atoms with E-state index >= 15 is 0 Å². The Balaban J connectivity index is 2.93. The van der Waals surface area contributed by atoms with Gasteiger partial charge in [-0.3, -0.25) is 4.79 Å². The zero-order valence-corrected chi connectivity index (χ0v) is 8.47. The SMILES string of the molecule is Cc1cccc(C=O)c1CCCCl. The summed E-state index contributed by atoms with van der Waals surface area (Å²) in [7, 11) is 0. The van der Waals surface area contributed by atoms with Crippen molar-refractivity contribution in [3.05, 3.63) is 34.9 Å². The van der Waals surface area contributed by atoms with E-state index in [0.29, 0.717) is 5.88 Å². The minimum absolute atomic E-state index is 0.645. The normalized spacial score (nSPS) is 10.0. The Kier molecular flexibility index (Phi) is 3.97. The summed E-state index contributed by atoms with van der Waals surface area (Å²) in [4.78, 5) is 10.7. The Morgan fingerprint density at radius 3 is 2.85 bits per heavy atom. The number of alkyl halides is 1. The Labute approximate surface area is 83.7 Å². The van der Waals surface area contributed by atoms with E-state index in [2.05, 4.69) is 0 Å². The average molecular weight is 197 g/mol. The maximum absolute atomic E-state index is 10.7. The maximum Gasteiger partial charge on any atom is 0.150 e. The van der Waals surface area contributed by atoms with Gasteiger partial charge in [-0.2, -0.15) is 0 Å². The van der Waals surface area contributed by atoms with Crippen LogP contribution in [0.4, 0.5) is 0 Å². The molecule has 0 fully saturated rings. The predicted molar refractivity (Wildman–Crippen MR) is 55.6 cm³/mol. The lowest BCUT2D eigenvalue weighted by molar-refractivity contribution is 0.112. The van der Waals surface area contributed by atoms with Crippen LogP contribution >= 0.6 is 11.6 Å². The first-order chi connectivity index (χ1) is 6.29. The molecule has 0 saturated heterocycles. The second-order valence-corrected chi connectivity index (χ2v) is 3.43. The fourth-order valence-electron chi connectivity index (χ4n) is 1.42. The van der Waals surface area contributed by atoms with Gasteiger partial charge in [0.1, 0.15) is 6.29 Å². The van der Waals surface area contributed by atoms with Crippen molar-refractivity contribution in [2.24, 2.45) is 0 Å². The summed E-state index contributed by atoms with van der Waals surface area (Å²) in [6.45, 7) is 2.02. The first-order valence-electron chi connectivity index (χ1n) is 4.39. The molecule has 0 unspecified atom stereocenters. The van der Waals surface area contributed by atoms with Crippen molar-refractivity contribution in [2.75, 3.05) is 5.88 Å². The van der Waals surface area contributed by atoms with Gasteiger partial charge < -0.3 is 0 Å². The Morgan fingerprint density at radius 2 is 2.23 bits per heavy atom. The monoisotopic (exact) mass is 196 g/mol. The van der Waals surface area contributed by atoms with Crippen molar-refractivity contribution in [1.82, 2.24) is 0 Å². The predicted octanol–water partition coefficient (Wildman–Crippen LogP) is 2.98. The maximum atomic E-state index is 10.7. The third-order valence-electron chi connectivity index (χ3n) is 2.13. The molecule has 0 aromatic heterocycles. The van der Waals surface area contributed by atoms with Crippen molar-refractivity contribution >= 4 is 17.9 Å². The standard InChI is InChI=1S/C11H13ClO/c1-9-4-2-5-10(8-13)11(9)6-3-7-12/h2,4-5,8H,3,6-7H2,1H3. The highest BCUT2D eigenvalue weighted by Gasteiger charge is 2.03. The average Bonchev–Trinajstić information content (AvgIpc) is 2.15. The van der Waals surface area contributed by atoms with Crippen LogP contribution in [0.5, 0.6) is 0 Å². The molecule has 1 nitrogen and oxygen atoms in total. The van der Waals surface area contributed by atoms with E-state index in [-0.39, 0.29) is 0 Å². The van der Waals surface area contributed by atoms with E-state index in [0.717, 1.165) is 30.3 Å². The summed E-state index contributed by atoms with van der Waals surface area (Å²) in [5.74, 6) is 0.645.